The monoisotopic (exact) mass is 685 g/mol. The number of fused-ring (bicyclic) bond motifs is 3. The minimum atomic E-state index is -3.48. The molecule has 0 radical (unpaired) electrons. The predicted molar refractivity (Wildman–Crippen MR) is 187 cm³/mol. The van der Waals surface area contributed by atoms with Gasteiger partial charge >= 0.3 is 0 Å². The summed E-state index contributed by atoms with van der Waals surface area (Å²) in [4.78, 5) is 46.6. The van der Waals surface area contributed by atoms with Gasteiger partial charge in [-0.05, 0) is 79.9 Å². The van der Waals surface area contributed by atoms with E-state index in [1.165, 1.54) is 0 Å². The van der Waals surface area contributed by atoms with Crippen LogP contribution in [0.15, 0.2) is 66.7 Å². The summed E-state index contributed by atoms with van der Waals surface area (Å²) in [5.41, 5.74) is 2.77. The summed E-state index contributed by atoms with van der Waals surface area (Å²) in [6.45, 7) is 5.78. The Morgan fingerprint density at radius 3 is 2.53 bits per heavy atom. The van der Waals surface area contributed by atoms with E-state index >= 15 is 4.11 Å². The van der Waals surface area contributed by atoms with Crippen molar-refractivity contribution in [1.82, 2.24) is 4.90 Å². The van der Waals surface area contributed by atoms with Crippen molar-refractivity contribution in [2.45, 2.75) is 82.0 Å². The molecular weight excluding hydrogens is 642 g/mol. The van der Waals surface area contributed by atoms with Gasteiger partial charge in [-0.3, -0.25) is 19.3 Å². The largest absolute Gasteiger partial charge is 0.497 e. The number of carbonyl (C=O) groups excluding carboxylic acids is 3. The highest BCUT2D eigenvalue weighted by molar-refractivity contribution is 6.72. The third-order valence-electron chi connectivity index (χ3n) is 11.1. The number of amides is 3. The average molecular weight is 686 g/mol. The number of hydrogen-bond acceptors (Lipinski definition) is 6. The molecule has 2 fully saturated rings. The number of methoxy groups -OCH3 is 1. The molecule has 0 aromatic heterocycles. The maximum Gasteiger partial charge on any atom is 0.264 e. The summed E-state index contributed by atoms with van der Waals surface area (Å²) >= 11 is 0. The standard InChI is InChI=1S/C38H44FN3O6Si/c1-24-36(49(3,4)39)33(21-35(45)40-19-7-9-28(40)23-43)48-38(24)30-20-29(47-2)16-17-32(30)41(37(38)46)22-25-11-14-27(15-12-25)42-31-10-6-5-8-26(31)13-18-34(42)44/h5-6,8,10-12,14-17,20,24,28,33,36,43H,7,9,13,18-19,21-23H2,1-4H3/t24-,28-,33+,36-,38+/m0/s1. The van der Waals surface area contributed by atoms with Crippen LogP contribution in [0.4, 0.5) is 21.2 Å². The second-order valence-electron chi connectivity index (χ2n) is 14.3. The number of aliphatic hydroxyl groups is 1. The van der Waals surface area contributed by atoms with E-state index in [1.54, 1.807) is 41.0 Å². The minimum absolute atomic E-state index is 0.0388. The molecule has 11 heteroatoms. The Balaban J connectivity index is 1.21. The lowest BCUT2D eigenvalue weighted by Gasteiger charge is -2.31. The molecule has 4 heterocycles. The van der Waals surface area contributed by atoms with Crippen molar-refractivity contribution in [3.8, 4) is 5.75 Å². The van der Waals surface area contributed by atoms with Gasteiger partial charge in [0, 0.05) is 35.7 Å². The fourth-order valence-corrected chi connectivity index (χ4v) is 11.3. The van der Waals surface area contributed by atoms with Crippen LogP contribution in [0.3, 0.4) is 0 Å². The first-order chi connectivity index (χ1) is 23.5. The molecule has 1 spiro atoms. The molecule has 7 rings (SSSR count). The van der Waals surface area contributed by atoms with Gasteiger partial charge in [0.2, 0.25) is 20.2 Å². The van der Waals surface area contributed by atoms with Crippen molar-refractivity contribution < 1.29 is 33.1 Å². The highest BCUT2D eigenvalue weighted by Crippen LogP contribution is 2.61. The van der Waals surface area contributed by atoms with Gasteiger partial charge in [-0.2, -0.15) is 0 Å². The number of anilines is 3. The van der Waals surface area contributed by atoms with Gasteiger partial charge in [0.15, 0.2) is 5.60 Å². The highest BCUT2D eigenvalue weighted by atomic mass is 28.4. The average Bonchev–Trinajstić information content (AvgIpc) is 3.75. The molecule has 3 amide bonds. The van der Waals surface area contributed by atoms with E-state index in [0.29, 0.717) is 36.4 Å². The van der Waals surface area contributed by atoms with Crippen molar-refractivity contribution >= 4 is 43.2 Å². The van der Waals surface area contributed by atoms with E-state index in [4.69, 9.17) is 9.47 Å². The number of halogens is 1. The Kier molecular flexibility index (Phi) is 8.65. The Bertz CT molecular complexity index is 1780. The fourth-order valence-electron chi connectivity index (χ4n) is 8.80. The second kappa shape index (κ2) is 12.7. The number of nitrogens with zero attached hydrogens (tertiary/aromatic N) is 3. The number of rotatable bonds is 8. The molecule has 4 aliphatic heterocycles. The van der Waals surface area contributed by atoms with E-state index in [-0.39, 0.29) is 43.3 Å². The number of aryl methyl sites for hydroxylation is 1. The highest BCUT2D eigenvalue weighted by Gasteiger charge is 2.67. The maximum absolute atomic E-state index is 16.3. The summed E-state index contributed by atoms with van der Waals surface area (Å²) < 4.78 is 28.7. The van der Waals surface area contributed by atoms with Crippen LogP contribution in [0.25, 0.3) is 0 Å². The molecule has 0 unspecified atom stereocenters. The normalized spacial score (nSPS) is 26.4. The molecular formula is C38H44FN3O6Si. The lowest BCUT2D eigenvalue weighted by Crippen LogP contribution is -2.45. The van der Waals surface area contributed by atoms with Gasteiger partial charge < -0.3 is 28.5 Å². The van der Waals surface area contributed by atoms with Crippen LogP contribution in [0, 0.1) is 5.92 Å². The number of ether oxygens (including phenoxy) is 2. The van der Waals surface area contributed by atoms with Crippen LogP contribution in [0.5, 0.6) is 5.75 Å². The minimum Gasteiger partial charge on any atom is -0.497 e. The zero-order valence-electron chi connectivity index (χ0n) is 28.5. The smallest absolute Gasteiger partial charge is 0.264 e. The van der Waals surface area contributed by atoms with Crippen LogP contribution in [0.1, 0.15) is 49.3 Å². The summed E-state index contributed by atoms with van der Waals surface area (Å²) in [6.07, 6.45) is 1.82. The van der Waals surface area contributed by atoms with Crippen LogP contribution in [-0.4, -0.2) is 68.5 Å². The lowest BCUT2D eigenvalue weighted by atomic mass is 9.82. The second-order valence-corrected chi connectivity index (χ2v) is 18.1. The number of para-hydroxylation sites is 1. The molecule has 4 aliphatic rings. The van der Waals surface area contributed by atoms with Gasteiger partial charge in [-0.15, -0.1) is 0 Å². The predicted octanol–water partition coefficient (Wildman–Crippen LogP) is 6.00. The summed E-state index contributed by atoms with van der Waals surface area (Å²) in [6, 6.07) is 20.8. The Labute approximate surface area is 287 Å². The summed E-state index contributed by atoms with van der Waals surface area (Å²) in [5, 5.41) is 9.86. The summed E-state index contributed by atoms with van der Waals surface area (Å²) in [5.74, 6) is -0.440. The first-order valence-corrected chi connectivity index (χ1v) is 20.2. The van der Waals surface area contributed by atoms with Gasteiger partial charge in [0.25, 0.3) is 5.91 Å². The third-order valence-corrected chi connectivity index (χ3v) is 13.5. The molecule has 3 aromatic rings. The Hall–Kier alpha value is -4.06. The lowest BCUT2D eigenvalue weighted by molar-refractivity contribution is -0.150. The molecule has 5 atom stereocenters. The maximum atomic E-state index is 16.3. The van der Waals surface area contributed by atoms with E-state index in [2.05, 4.69) is 0 Å². The number of likely N-dealkylation sites (tertiary alicyclic amines) is 1. The zero-order chi connectivity index (χ0) is 34.7. The number of aliphatic hydroxyl groups excluding tert-OH is 1. The SMILES string of the molecule is COc1ccc2c(c1)[C@@]1(O[C@H](CC(=O)N3CCC[C@H]3CO)[C@@H]([Si](C)(C)F)[C@@H]1C)C(=O)N2Cc1ccc(N2C(=O)CCc3ccccc32)cc1. The van der Waals surface area contributed by atoms with Crippen LogP contribution >= 0.6 is 0 Å². The molecule has 3 aromatic carbocycles. The first-order valence-electron chi connectivity index (χ1n) is 17.2. The molecule has 9 nitrogen and oxygen atoms in total. The zero-order valence-corrected chi connectivity index (χ0v) is 29.5. The van der Waals surface area contributed by atoms with Gasteiger partial charge in [-0.1, -0.05) is 37.3 Å². The van der Waals surface area contributed by atoms with E-state index in [1.807, 2.05) is 67.6 Å². The van der Waals surface area contributed by atoms with Gasteiger partial charge in [0.05, 0.1) is 50.2 Å². The van der Waals surface area contributed by atoms with Gasteiger partial charge in [0.1, 0.15) is 5.75 Å². The van der Waals surface area contributed by atoms with E-state index < -0.39 is 31.6 Å². The van der Waals surface area contributed by atoms with Crippen molar-refractivity contribution in [2.75, 3.05) is 30.1 Å². The first kappa shape index (κ1) is 33.4. The van der Waals surface area contributed by atoms with Crippen LogP contribution in [-0.2, 0) is 37.7 Å². The Morgan fingerprint density at radius 1 is 1.06 bits per heavy atom. The van der Waals surface area contributed by atoms with Crippen molar-refractivity contribution in [1.29, 1.82) is 0 Å². The van der Waals surface area contributed by atoms with Crippen LogP contribution < -0.4 is 14.5 Å². The number of carbonyl (C=O) groups is 3. The van der Waals surface area contributed by atoms with E-state index in [9.17, 15) is 19.5 Å². The molecule has 2 saturated heterocycles. The fraction of sp³-hybridized carbons (Fsp3) is 0.447. The van der Waals surface area contributed by atoms with Gasteiger partial charge in [-0.25, -0.2) is 0 Å². The third kappa shape index (κ3) is 5.56. The number of benzene rings is 3. The van der Waals surface area contributed by atoms with Crippen molar-refractivity contribution in [2.24, 2.45) is 5.92 Å². The quantitative estimate of drug-likeness (QED) is 0.231. The van der Waals surface area contributed by atoms with Crippen molar-refractivity contribution in [3.63, 3.8) is 0 Å². The molecule has 0 saturated carbocycles. The molecule has 49 heavy (non-hydrogen) atoms. The molecule has 1 N–H and O–H groups in total. The topological polar surface area (TPSA) is 99.6 Å². The van der Waals surface area contributed by atoms with Crippen LogP contribution in [0.2, 0.25) is 18.6 Å². The molecule has 0 aliphatic carbocycles. The number of hydrogen-bond donors (Lipinski definition) is 1. The van der Waals surface area contributed by atoms with Crippen molar-refractivity contribution in [3.05, 3.63) is 83.4 Å². The molecule has 0 bridgehead atoms. The summed E-state index contributed by atoms with van der Waals surface area (Å²) in [7, 11) is -1.92. The molecule has 258 valence electrons. The Morgan fingerprint density at radius 2 is 1.82 bits per heavy atom. The van der Waals surface area contributed by atoms with E-state index in [0.717, 1.165) is 35.3 Å².